The fraction of sp³-hybridized carbons (Fsp3) is 0.286. The maximum Gasteiger partial charge on any atom is 0.348 e. The van der Waals surface area contributed by atoms with Crippen molar-refractivity contribution in [3.05, 3.63) is 29.3 Å². The summed E-state index contributed by atoms with van der Waals surface area (Å²) in [4.78, 5) is 31.4. The van der Waals surface area contributed by atoms with Gasteiger partial charge in [-0.15, -0.1) is 0 Å². The van der Waals surface area contributed by atoms with Crippen molar-refractivity contribution in [1.29, 1.82) is 0 Å². The number of thiazole rings is 1. The molecule has 2 heterocycles. The molecule has 21 heavy (non-hydrogen) atoms. The second-order valence-electron chi connectivity index (χ2n) is 4.37. The molecule has 0 aliphatic heterocycles. The van der Waals surface area contributed by atoms with Crippen LogP contribution < -0.4 is 5.32 Å². The number of nitrogens with zero attached hydrogens (tertiary/aromatic N) is 2. The fourth-order valence-electron chi connectivity index (χ4n) is 1.71. The SMILES string of the molecule is CCCCC(=O)Nc1nc(-c2ccccn2)c(C(=O)O)s1. The van der Waals surface area contributed by atoms with Crippen molar-refractivity contribution < 1.29 is 14.7 Å². The van der Waals surface area contributed by atoms with E-state index in [0.717, 1.165) is 24.2 Å². The van der Waals surface area contributed by atoms with E-state index >= 15 is 0 Å². The molecule has 0 saturated heterocycles. The molecule has 2 aromatic rings. The van der Waals surface area contributed by atoms with Crippen LogP contribution in [0.1, 0.15) is 35.9 Å². The highest BCUT2D eigenvalue weighted by Crippen LogP contribution is 2.30. The molecule has 0 aliphatic carbocycles. The summed E-state index contributed by atoms with van der Waals surface area (Å²) in [6, 6.07) is 5.18. The number of pyridine rings is 1. The van der Waals surface area contributed by atoms with Gasteiger partial charge in [0, 0.05) is 12.6 Å². The maximum atomic E-state index is 11.7. The Morgan fingerprint density at radius 3 is 2.81 bits per heavy atom. The average molecular weight is 305 g/mol. The van der Waals surface area contributed by atoms with Gasteiger partial charge in [0.1, 0.15) is 10.6 Å². The monoisotopic (exact) mass is 305 g/mol. The molecule has 110 valence electrons. The largest absolute Gasteiger partial charge is 0.477 e. The van der Waals surface area contributed by atoms with Gasteiger partial charge in [0.05, 0.1) is 5.69 Å². The van der Waals surface area contributed by atoms with Crippen LogP contribution in [0.5, 0.6) is 0 Å². The predicted molar refractivity (Wildman–Crippen MR) is 80.5 cm³/mol. The number of nitrogens with one attached hydrogen (secondary N) is 1. The van der Waals surface area contributed by atoms with Gasteiger partial charge in [0.15, 0.2) is 5.13 Å². The molecular formula is C14H15N3O3S. The third kappa shape index (κ3) is 3.85. The number of amides is 1. The van der Waals surface area contributed by atoms with Crippen molar-refractivity contribution in [2.75, 3.05) is 5.32 Å². The lowest BCUT2D eigenvalue weighted by atomic mass is 10.2. The Morgan fingerprint density at radius 1 is 1.38 bits per heavy atom. The number of unbranched alkanes of at least 4 members (excludes halogenated alkanes) is 1. The normalized spacial score (nSPS) is 10.3. The third-order valence-corrected chi connectivity index (χ3v) is 3.69. The molecule has 2 N–H and O–H groups in total. The summed E-state index contributed by atoms with van der Waals surface area (Å²) in [5.74, 6) is -1.24. The van der Waals surface area contributed by atoms with Crippen LogP contribution in [0.4, 0.5) is 5.13 Å². The second-order valence-corrected chi connectivity index (χ2v) is 5.37. The van der Waals surface area contributed by atoms with Gasteiger partial charge in [0.25, 0.3) is 0 Å². The summed E-state index contributed by atoms with van der Waals surface area (Å²) in [7, 11) is 0. The molecule has 0 spiro atoms. The summed E-state index contributed by atoms with van der Waals surface area (Å²) in [5.41, 5.74) is 0.749. The smallest absolute Gasteiger partial charge is 0.348 e. The lowest BCUT2D eigenvalue weighted by molar-refractivity contribution is -0.116. The molecule has 0 saturated carbocycles. The number of carbonyl (C=O) groups is 2. The molecule has 1 amide bonds. The van der Waals surface area contributed by atoms with Crippen LogP contribution in [0.3, 0.4) is 0 Å². The number of carbonyl (C=O) groups excluding carboxylic acids is 1. The molecule has 2 aromatic heterocycles. The van der Waals surface area contributed by atoms with Crippen LogP contribution in [0.15, 0.2) is 24.4 Å². The standard InChI is InChI=1S/C14H15N3O3S/c1-2-3-7-10(18)16-14-17-11(12(21-14)13(19)20)9-6-4-5-8-15-9/h4-6,8H,2-3,7H2,1H3,(H,19,20)(H,16,17,18). The van der Waals surface area contributed by atoms with Gasteiger partial charge < -0.3 is 10.4 Å². The Kier molecular flexibility index (Phi) is 4.99. The van der Waals surface area contributed by atoms with Crippen molar-refractivity contribution in [2.45, 2.75) is 26.2 Å². The van der Waals surface area contributed by atoms with Crippen molar-refractivity contribution in [2.24, 2.45) is 0 Å². The van der Waals surface area contributed by atoms with Gasteiger partial charge >= 0.3 is 5.97 Å². The molecule has 0 radical (unpaired) electrons. The first-order valence-electron chi connectivity index (χ1n) is 6.57. The highest BCUT2D eigenvalue weighted by atomic mass is 32.1. The first kappa shape index (κ1) is 15.1. The van der Waals surface area contributed by atoms with Crippen LogP contribution in [0.25, 0.3) is 11.4 Å². The molecule has 7 heteroatoms. The number of aromatic nitrogens is 2. The highest BCUT2D eigenvalue weighted by molar-refractivity contribution is 7.18. The molecule has 0 aromatic carbocycles. The third-order valence-electron chi connectivity index (χ3n) is 2.73. The van der Waals surface area contributed by atoms with E-state index in [1.165, 1.54) is 0 Å². The lowest BCUT2D eigenvalue weighted by Gasteiger charge is -1.99. The fourth-order valence-corrected chi connectivity index (χ4v) is 2.54. The summed E-state index contributed by atoms with van der Waals surface area (Å²) in [6.45, 7) is 2.00. The predicted octanol–water partition coefficient (Wildman–Crippen LogP) is 3.03. The summed E-state index contributed by atoms with van der Waals surface area (Å²) < 4.78 is 0. The molecule has 0 fully saturated rings. The Balaban J connectivity index is 2.26. The van der Waals surface area contributed by atoms with Gasteiger partial charge in [-0.25, -0.2) is 9.78 Å². The molecular weight excluding hydrogens is 290 g/mol. The Bertz CT molecular complexity index is 640. The molecule has 0 atom stereocenters. The number of aromatic carboxylic acids is 1. The van der Waals surface area contributed by atoms with Crippen molar-refractivity contribution in [1.82, 2.24) is 9.97 Å². The van der Waals surface area contributed by atoms with Crippen LogP contribution in [0, 0.1) is 0 Å². The van der Waals surface area contributed by atoms with Crippen LogP contribution in [-0.2, 0) is 4.79 Å². The Hall–Kier alpha value is -2.28. The van der Waals surface area contributed by atoms with E-state index < -0.39 is 5.97 Å². The summed E-state index contributed by atoms with van der Waals surface area (Å²) in [5, 5.41) is 12.2. The van der Waals surface area contributed by atoms with E-state index in [4.69, 9.17) is 0 Å². The van der Waals surface area contributed by atoms with E-state index in [1.807, 2.05) is 6.92 Å². The van der Waals surface area contributed by atoms with Gasteiger partial charge in [0.2, 0.25) is 5.91 Å². The number of anilines is 1. The van der Waals surface area contributed by atoms with Gasteiger partial charge in [-0.2, -0.15) is 0 Å². The van der Waals surface area contributed by atoms with E-state index in [9.17, 15) is 14.7 Å². The summed E-state index contributed by atoms with van der Waals surface area (Å²) in [6.07, 6.45) is 3.68. The van der Waals surface area contributed by atoms with E-state index in [-0.39, 0.29) is 21.6 Å². The van der Waals surface area contributed by atoms with Crippen LogP contribution in [-0.4, -0.2) is 27.0 Å². The molecule has 6 nitrogen and oxygen atoms in total. The summed E-state index contributed by atoms with van der Waals surface area (Å²) >= 11 is 0.942. The zero-order valence-corrected chi connectivity index (χ0v) is 12.3. The average Bonchev–Trinajstić information content (AvgIpc) is 2.90. The number of hydrogen-bond acceptors (Lipinski definition) is 5. The van der Waals surface area contributed by atoms with Crippen molar-refractivity contribution >= 4 is 28.3 Å². The van der Waals surface area contributed by atoms with Gasteiger partial charge in [-0.1, -0.05) is 30.7 Å². The van der Waals surface area contributed by atoms with Gasteiger partial charge in [-0.05, 0) is 18.6 Å². The first-order chi connectivity index (χ1) is 10.1. The molecule has 0 bridgehead atoms. The van der Waals surface area contributed by atoms with Crippen LogP contribution >= 0.6 is 11.3 Å². The first-order valence-corrected chi connectivity index (χ1v) is 7.38. The van der Waals surface area contributed by atoms with E-state index in [1.54, 1.807) is 24.4 Å². The van der Waals surface area contributed by atoms with E-state index in [0.29, 0.717) is 12.1 Å². The topological polar surface area (TPSA) is 92.2 Å². The highest BCUT2D eigenvalue weighted by Gasteiger charge is 2.20. The van der Waals surface area contributed by atoms with Crippen LogP contribution in [0.2, 0.25) is 0 Å². The van der Waals surface area contributed by atoms with Crippen molar-refractivity contribution in [3.63, 3.8) is 0 Å². The molecule has 2 rings (SSSR count). The zero-order valence-electron chi connectivity index (χ0n) is 11.5. The molecule has 0 aliphatic rings. The minimum Gasteiger partial charge on any atom is -0.477 e. The Morgan fingerprint density at radius 2 is 2.19 bits per heavy atom. The van der Waals surface area contributed by atoms with E-state index in [2.05, 4.69) is 15.3 Å². The quantitative estimate of drug-likeness (QED) is 0.855. The number of rotatable bonds is 6. The lowest BCUT2D eigenvalue weighted by Crippen LogP contribution is -2.10. The number of carboxylic acid groups (broad SMARTS) is 1. The number of hydrogen-bond donors (Lipinski definition) is 2. The minimum absolute atomic E-state index is 0.0690. The van der Waals surface area contributed by atoms with Gasteiger partial charge in [-0.3, -0.25) is 9.78 Å². The number of carboxylic acids is 1. The van der Waals surface area contributed by atoms with Crippen molar-refractivity contribution in [3.8, 4) is 11.4 Å². The molecule has 0 unspecified atom stereocenters. The Labute approximate surface area is 125 Å². The zero-order chi connectivity index (χ0) is 15.2. The minimum atomic E-state index is -1.08. The maximum absolute atomic E-state index is 11.7. The second kappa shape index (κ2) is 6.94.